The van der Waals surface area contributed by atoms with E-state index < -0.39 is 5.97 Å². The van der Waals surface area contributed by atoms with E-state index in [0.717, 1.165) is 0 Å². The van der Waals surface area contributed by atoms with Crippen LogP contribution in [0, 0.1) is 0 Å². The Bertz CT molecular complexity index is 820. The zero-order chi connectivity index (χ0) is 18.4. The van der Waals surface area contributed by atoms with Gasteiger partial charge in [-0.2, -0.15) is 0 Å². The zero-order valence-corrected chi connectivity index (χ0v) is 15.3. The number of rotatable bonds is 5. The molecule has 0 spiro atoms. The quantitative estimate of drug-likeness (QED) is 0.748. The molecule has 2 amide bonds. The van der Waals surface area contributed by atoms with Gasteiger partial charge >= 0.3 is 5.97 Å². The zero-order valence-electron chi connectivity index (χ0n) is 13.8. The summed E-state index contributed by atoms with van der Waals surface area (Å²) in [5, 5.41) is 5.42. The van der Waals surface area contributed by atoms with Crippen molar-refractivity contribution in [3.63, 3.8) is 0 Å². The number of halogens is 1. The molecule has 6 nitrogen and oxygen atoms in total. The van der Waals surface area contributed by atoms with Crippen LogP contribution in [0.5, 0.6) is 0 Å². The fraction of sp³-hybridized carbons (Fsp3) is 0.167. The maximum absolute atomic E-state index is 12.6. The Morgan fingerprint density at radius 2 is 1.80 bits per heavy atom. The number of nitrogens with one attached hydrogen (secondary N) is 2. The van der Waals surface area contributed by atoms with Gasteiger partial charge in [0.25, 0.3) is 5.91 Å². The first-order valence-corrected chi connectivity index (χ1v) is 8.22. The summed E-state index contributed by atoms with van der Waals surface area (Å²) in [5.41, 5.74) is 2.06. The van der Waals surface area contributed by atoms with Gasteiger partial charge in [-0.1, -0.05) is 34.1 Å². The second kappa shape index (κ2) is 8.43. The Kier molecular flexibility index (Phi) is 6.30. The van der Waals surface area contributed by atoms with Crippen molar-refractivity contribution < 1.29 is 19.1 Å². The average molecular weight is 405 g/mol. The number of carbonyl (C=O) groups excluding carboxylic acids is 3. The van der Waals surface area contributed by atoms with E-state index in [4.69, 9.17) is 0 Å². The molecular formula is C18H17BrN2O4. The third-order valence-electron chi connectivity index (χ3n) is 3.31. The van der Waals surface area contributed by atoms with Crippen LogP contribution < -0.4 is 10.6 Å². The predicted octanol–water partition coefficient (Wildman–Crippen LogP) is 3.38. The van der Waals surface area contributed by atoms with E-state index in [1.807, 2.05) is 0 Å². The highest BCUT2D eigenvalue weighted by Crippen LogP contribution is 2.22. The molecule has 0 bridgehead atoms. The van der Waals surface area contributed by atoms with Gasteiger partial charge in [0.2, 0.25) is 5.91 Å². The summed E-state index contributed by atoms with van der Waals surface area (Å²) in [6, 6.07) is 11.9. The van der Waals surface area contributed by atoms with E-state index >= 15 is 0 Å². The molecule has 2 aromatic rings. The van der Waals surface area contributed by atoms with Crippen LogP contribution in [0.25, 0.3) is 0 Å². The standard InChI is InChI=1S/C18H17BrN2O4/c1-11(22)20-15-8-13(7-14(19)10-15)18(24)21-16-6-4-3-5-12(16)9-17(23)25-2/h3-8,10H,9H2,1-2H3,(H,20,22)(H,21,24). The van der Waals surface area contributed by atoms with Crippen LogP contribution in [0.2, 0.25) is 0 Å². The van der Waals surface area contributed by atoms with E-state index in [1.165, 1.54) is 14.0 Å². The number of anilines is 2. The van der Waals surface area contributed by atoms with Crippen molar-refractivity contribution in [2.45, 2.75) is 13.3 Å². The highest BCUT2D eigenvalue weighted by molar-refractivity contribution is 9.10. The van der Waals surface area contributed by atoms with Crippen LogP contribution in [0.3, 0.4) is 0 Å². The molecule has 0 radical (unpaired) electrons. The molecule has 2 aromatic carbocycles. The third kappa shape index (κ3) is 5.42. The minimum Gasteiger partial charge on any atom is -0.469 e. The summed E-state index contributed by atoms with van der Waals surface area (Å²) >= 11 is 3.32. The Morgan fingerprint density at radius 1 is 1.08 bits per heavy atom. The van der Waals surface area contributed by atoms with Gasteiger partial charge in [0, 0.05) is 28.3 Å². The number of methoxy groups -OCH3 is 1. The molecule has 0 fully saturated rings. The molecule has 2 rings (SSSR count). The van der Waals surface area contributed by atoms with Crippen LogP contribution in [0.4, 0.5) is 11.4 Å². The molecule has 0 aromatic heterocycles. The number of esters is 1. The lowest BCUT2D eigenvalue weighted by Gasteiger charge is -2.12. The Morgan fingerprint density at radius 3 is 2.48 bits per heavy atom. The maximum atomic E-state index is 12.6. The molecule has 0 aliphatic carbocycles. The van der Waals surface area contributed by atoms with Crippen molar-refractivity contribution in [3.05, 3.63) is 58.1 Å². The Hall–Kier alpha value is -2.67. The first-order chi connectivity index (χ1) is 11.9. The first-order valence-electron chi connectivity index (χ1n) is 7.43. The van der Waals surface area contributed by atoms with E-state index in [1.54, 1.807) is 42.5 Å². The van der Waals surface area contributed by atoms with E-state index in [0.29, 0.717) is 27.0 Å². The summed E-state index contributed by atoms with van der Waals surface area (Å²) in [7, 11) is 1.31. The van der Waals surface area contributed by atoms with Gasteiger partial charge in [-0.25, -0.2) is 0 Å². The Labute approximate surface area is 153 Å². The second-order valence-electron chi connectivity index (χ2n) is 5.27. The highest BCUT2D eigenvalue weighted by atomic mass is 79.9. The number of ether oxygens (including phenoxy) is 1. The Balaban J connectivity index is 2.24. The maximum Gasteiger partial charge on any atom is 0.310 e. The summed E-state index contributed by atoms with van der Waals surface area (Å²) in [6.07, 6.45) is 0.0581. The lowest BCUT2D eigenvalue weighted by Crippen LogP contribution is -2.15. The third-order valence-corrected chi connectivity index (χ3v) is 3.77. The minimum absolute atomic E-state index is 0.0581. The molecular weight excluding hydrogens is 388 g/mol. The van der Waals surface area contributed by atoms with Gasteiger partial charge < -0.3 is 15.4 Å². The molecule has 130 valence electrons. The topological polar surface area (TPSA) is 84.5 Å². The molecule has 25 heavy (non-hydrogen) atoms. The van der Waals surface area contributed by atoms with Crippen LogP contribution in [-0.2, 0) is 20.7 Å². The number of carbonyl (C=O) groups is 3. The van der Waals surface area contributed by atoms with Gasteiger partial charge in [0.15, 0.2) is 0 Å². The number of para-hydroxylation sites is 1. The molecule has 0 heterocycles. The predicted molar refractivity (Wildman–Crippen MR) is 98.6 cm³/mol. The summed E-state index contributed by atoms with van der Waals surface area (Å²) < 4.78 is 5.33. The molecule has 0 unspecified atom stereocenters. The van der Waals surface area contributed by atoms with Crippen molar-refractivity contribution in [1.29, 1.82) is 0 Å². The smallest absolute Gasteiger partial charge is 0.310 e. The monoisotopic (exact) mass is 404 g/mol. The summed E-state index contributed by atoms with van der Waals surface area (Å²) in [4.78, 5) is 35.3. The second-order valence-corrected chi connectivity index (χ2v) is 6.19. The summed E-state index contributed by atoms with van der Waals surface area (Å²) in [6.45, 7) is 1.39. The minimum atomic E-state index is -0.392. The lowest BCUT2D eigenvalue weighted by atomic mass is 10.1. The van der Waals surface area contributed by atoms with Gasteiger partial charge in [-0.05, 0) is 29.8 Å². The number of hydrogen-bond donors (Lipinski definition) is 2. The number of benzene rings is 2. The number of hydrogen-bond acceptors (Lipinski definition) is 4. The molecule has 0 atom stereocenters. The SMILES string of the molecule is COC(=O)Cc1ccccc1NC(=O)c1cc(Br)cc(NC(C)=O)c1. The van der Waals surface area contributed by atoms with Gasteiger partial charge in [-0.15, -0.1) is 0 Å². The normalized spacial score (nSPS) is 10.0. The molecule has 0 aliphatic heterocycles. The lowest BCUT2D eigenvalue weighted by molar-refractivity contribution is -0.139. The first kappa shape index (κ1) is 18.7. The molecule has 0 saturated heterocycles. The molecule has 0 saturated carbocycles. The van der Waals surface area contributed by atoms with Crippen LogP contribution >= 0.6 is 15.9 Å². The molecule has 2 N–H and O–H groups in total. The van der Waals surface area contributed by atoms with Crippen molar-refractivity contribution in [1.82, 2.24) is 0 Å². The number of amides is 2. The van der Waals surface area contributed by atoms with Crippen molar-refractivity contribution in [2.24, 2.45) is 0 Å². The van der Waals surface area contributed by atoms with Gasteiger partial charge in [-0.3, -0.25) is 14.4 Å². The molecule has 0 aliphatic rings. The van der Waals surface area contributed by atoms with E-state index in [9.17, 15) is 14.4 Å². The van der Waals surface area contributed by atoms with E-state index in [-0.39, 0.29) is 18.2 Å². The van der Waals surface area contributed by atoms with Gasteiger partial charge in [0.1, 0.15) is 0 Å². The van der Waals surface area contributed by atoms with Crippen LogP contribution in [0.15, 0.2) is 46.9 Å². The fourth-order valence-electron chi connectivity index (χ4n) is 2.21. The van der Waals surface area contributed by atoms with E-state index in [2.05, 4.69) is 31.3 Å². The average Bonchev–Trinajstić information content (AvgIpc) is 2.55. The van der Waals surface area contributed by atoms with Crippen molar-refractivity contribution in [2.75, 3.05) is 17.7 Å². The van der Waals surface area contributed by atoms with Crippen molar-refractivity contribution >= 4 is 45.1 Å². The molecule has 7 heteroatoms. The van der Waals surface area contributed by atoms with Crippen LogP contribution in [-0.4, -0.2) is 24.9 Å². The summed E-state index contributed by atoms with van der Waals surface area (Å²) in [5.74, 6) is -0.977. The van der Waals surface area contributed by atoms with Crippen LogP contribution in [0.1, 0.15) is 22.8 Å². The van der Waals surface area contributed by atoms with Crippen molar-refractivity contribution in [3.8, 4) is 0 Å². The largest absolute Gasteiger partial charge is 0.469 e. The highest BCUT2D eigenvalue weighted by Gasteiger charge is 2.13. The van der Waals surface area contributed by atoms with Gasteiger partial charge in [0.05, 0.1) is 13.5 Å². The fourth-order valence-corrected chi connectivity index (χ4v) is 2.71.